The predicted molar refractivity (Wildman–Crippen MR) is 59.7 cm³/mol. The number of hydrogen-bond donors (Lipinski definition) is 1. The molecule has 2 nitrogen and oxygen atoms in total. The summed E-state index contributed by atoms with van der Waals surface area (Å²) in [5.41, 5.74) is 0.0424. The Bertz CT molecular complexity index is 628. The second-order valence-electron chi connectivity index (χ2n) is 3.80. The van der Waals surface area contributed by atoms with Gasteiger partial charge in [-0.05, 0) is 22.4 Å². The molecule has 0 aliphatic rings. The van der Waals surface area contributed by atoms with Gasteiger partial charge in [-0.2, -0.15) is 18.4 Å². The van der Waals surface area contributed by atoms with Gasteiger partial charge in [-0.1, -0.05) is 30.3 Å². The van der Waals surface area contributed by atoms with E-state index < -0.39 is 12.3 Å². The van der Waals surface area contributed by atoms with Gasteiger partial charge in [-0.15, -0.1) is 0 Å². The molecule has 1 N–H and O–H groups in total. The molecule has 92 valence electrons. The van der Waals surface area contributed by atoms with E-state index in [2.05, 4.69) is 0 Å². The summed E-state index contributed by atoms with van der Waals surface area (Å²) >= 11 is 0. The predicted octanol–water partition coefficient (Wildman–Crippen LogP) is 3.31. The molecular weight excluding hydrogens is 243 g/mol. The molecule has 0 fully saturated rings. The van der Waals surface area contributed by atoms with Crippen molar-refractivity contribution in [3.8, 4) is 6.07 Å². The van der Waals surface area contributed by atoms with Crippen LogP contribution in [0.1, 0.15) is 17.2 Å². The average Bonchev–Trinajstić information content (AvgIpc) is 2.35. The quantitative estimate of drug-likeness (QED) is 0.845. The van der Waals surface area contributed by atoms with Crippen LogP contribution in [0.15, 0.2) is 36.4 Å². The largest absolute Gasteiger partial charge is 0.418 e. The van der Waals surface area contributed by atoms with Crippen molar-refractivity contribution >= 4 is 10.8 Å². The zero-order valence-electron chi connectivity index (χ0n) is 9.07. The fourth-order valence-corrected chi connectivity index (χ4v) is 1.83. The SMILES string of the molecule is N#Cc1ccc(C(O)C(F)(F)F)c2ccccc12. The molecule has 5 heteroatoms. The molecule has 1 unspecified atom stereocenters. The van der Waals surface area contributed by atoms with Crippen molar-refractivity contribution in [2.75, 3.05) is 0 Å². The van der Waals surface area contributed by atoms with Crippen molar-refractivity contribution in [1.29, 1.82) is 5.26 Å². The second kappa shape index (κ2) is 4.31. The Morgan fingerprint density at radius 2 is 1.67 bits per heavy atom. The Morgan fingerprint density at radius 3 is 2.22 bits per heavy atom. The molecule has 18 heavy (non-hydrogen) atoms. The van der Waals surface area contributed by atoms with Gasteiger partial charge >= 0.3 is 6.18 Å². The molecule has 1 atom stereocenters. The number of benzene rings is 2. The summed E-state index contributed by atoms with van der Waals surface area (Å²) in [6.45, 7) is 0. The van der Waals surface area contributed by atoms with Crippen molar-refractivity contribution in [2.24, 2.45) is 0 Å². The Labute approximate surface area is 101 Å². The van der Waals surface area contributed by atoms with Gasteiger partial charge in [-0.25, -0.2) is 0 Å². The van der Waals surface area contributed by atoms with Gasteiger partial charge < -0.3 is 5.11 Å². The Hall–Kier alpha value is -2.06. The summed E-state index contributed by atoms with van der Waals surface area (Å²) in [7, 11) is 0. The molecule has 0 saturated carbocycles. The van der Waals surface area contributed by atoms with Crippen LogP contribution in [0.25, 0.3) is 10.8 Å². The molecule has 2 aromatic carbocycles. The molecule has 0 amide bonds. The van der Waals surface area contributed by atoms with Gasteiger partial charge in [0, 0.05) is 0 Å². The minimum atomic E-state index is -4.73. The zero-order valence-corrected chi connectivity index (χ0v) is 9.07. The number of nitrogens with zero attached hydrogens (tertiary/aromatic N) is 1. The lowest BCUT2D eigenvalue weighted by Crippen LogP contribution is -2.20. The van der Waals surface area contributed by atoms with Crippen LogP contribution >= 0.6 is 0 Å². The third-order valence-corrected chi connectivity index (χ3v) is 2.68. The highest BCUT2D eigenvalue weighted by molar-refractivity contribution is 5.90. The molecule has 0 aromatic heterocycles. The molecule has 0 bridgehead atoms. The third-order valence-electron chi connectivity index (χ3n) is 2.68. The number of aliphatic hydroxyl groups excluding tert-OH is 1. The van der Waals surface area contributed by atoms with Gasteiger partial charge in [0.05, 0.1) is 11.6 Å². The maximum atomic E-state index is 12.5. The summed E-state index contributed by atoms with van der Waals surface area (Å²) in [6, 6.07) is 10.5. The fourth-order valence-electron chi connectivity index (χ4n) is 1.83. The molecule has 0 aliphatic carbocycles. The van der Waals surface area contributed by atoms with Crippen molar-refractivity contribution in [3.63, 3.8) is 0 Å². The summed E-state index contributed by atoms with van der Waals surface area (Å²) in [5.74, 6) is 0. The van der Waals surface area contributed by atoms with Crippen LogP contribution in [-0.2, 0) is 0 Å². The van der Waals surface area contributed by atoms with E-state index in [0.717, 1.165) is 6.07 Å². The third kappa shape index (κ3) is 2.03. The van der Waals surface area contributed by atoms with Gasteiger partial charge in [0.25, 0.3) is 0 Å². The number of hydrogen-bond acceptors (Lipinski definition) is 2. The van der Waals surface area contributed by atoms with Crippen LogP contribution in [0.3, 0.4) is 0 Å². The number of aliphatic hydroxyl groups is 1. The monoisotopic (exact) mass is 251 g/mol. The van der Waals surface area contributed by atoms with E-state index in [1.54, 1.807) is 18.2 Å². The van der Waals surface area contributed by atoms with Crippen molar-refractivity contribution in [2.45, 2.75) is 12.3 Å². The smallest absolute Gasteiger partial charge is 0.379 e. The van der Waals surface area contributed by atoms with Crippen LogP contribution < -0.4 is 0 Å². The maximum absolute atomic E-state index is 12.5. The molecule has 2 rings (SSSR count). The van der Waals surface area contributed by atoms with Crippen molar-refractivity contribution < 1.29 is 18.3 Å². The van der Waals surface area contributed by atoms with Crippen LogP contribution in [0.4, 0.5) is 13.2 Å². The lowest BCUT2D eigenvalue weighted by molar-refractivity contribution is -0.206. The van der Waals surface area contributed by atoms with Crippen molar-refractivity contribution in [3.05, 3.63) is 47.5 Å². The summed E-state index contributed by atoms with van der Waals surface area (Å²) < 4.78 is 37.6. The van der Waals surface area contributed by atoms with E-state index in [4.69, 9.17) is 5.26 Å². The first-order valence-corrected chi connectivity index (χ1v) is 5.11. The highest BCUT2D eigenvalue weighted by atomic mass is 19.4. The molecule has 0 radical (unpaired) electrons. The highest BCUT2D eigenvalue weighted by Gasteiger charge is 2.40. The Kier molecular flexibility index (Phi) is 2.97. The first-order valence-electron chi connectivity index (χ1n) is 5.11. The number of nitriles is 1. The van der Waals surface area contributed by atoms with Gasteiger partial charge in [-0.3, -0.25) is 0 Å². The minimum absolute atomic E-state index is 0.237. The van der Waals surface area contributed by atoms with Gasteiger partial charge in [0.15, 0.2) is 6.10 Å². The van der Waals surface area contributed by atoms with Crippen LogP contribution in [0.5, 0.6) is 0 Å². The second-order valence-corrected chi connectivity index (χ2v) is 3.80. The lowest BCUT2D eigenvalue weighted by atomic mass is 9.97. The number of alkyl halides is 3. The first-order chi connectivity index (χ1) is 8.45. The summed E-state index contributed by atoms with van der Waals surface area (Å²) in [5, 5.41) is 18.8. The molecule has 0 spiro atoms. The number of halogens is 3. The Balaban J connectivity index is 2.72. The Morgan fingerprint density at radius 1 is 1.06 bits per heavy atom. The lowest BCUT2D eigenvalue weighted by Gasteiger charge is -2.17. The molecule has 0 aliphatic heterocycles. The van der Waals surface area contributed by atoms with E-state index in [-0.39, 0.29) is 16.5 Å². The maximum Gasteiger partial charge on any atom is 0.418 e. The van der Waals surface area contributed by atoms with Gasteiger partial charge in [0.2, 0.25) is 0 Å². The summed E-state index contributed by atoms with van der Waals surface area (Å²) in [6.07, 6.45) is -7.27. The fraction of sp³-hybridized carbons (Fsp3) is 0.154. The first kappa shape index (κ1) is 12.4. The van der Waals surface area contributed by atoms with Gasteiger partial charge in [0.1, 0.15) is 0 Å². The van der Waals surface area contributed by atoms with E-state index in [1.807, 2.05) is 6.07 Å². The van der Waals surface area contributed by atoms with Crippen LogP contribution in [0, 0.1) is 11.3 Å². The number of rotatable bonds is 1. The molecule has 2 aromatic rings. The van der Waals surface area contributed by atoms with E-state index in [0.29, 0.717) is 5.39 Å². The van der Waals surface area contributed by atoms with Crippen LogP contribution in [-0.4, -0.2) is 11.3 Å². The van der Waals surface area contributed by atoms with E-state index in [1.165, 1.54) is 12.1 Å². The minimum Gasteiger partial charge on any atom is -0.379 e. The zero-order chi connectivity index (χ0) is 13.3. The standard InChI is InChI=1S/C13H8F3NO/c14-13(15,16)12(18)11-6-5-8(7-17)9-3-1-2-4-10(9)11/h1-6,12,18H. The van der Waals surface area contributed by atoms with E-state index in [9.17, 15) is 18.3 Å². The molecule has 0 saturated heterocycles. The van der Waals surface area contributed by atoms with Crippen molar-refractivity contribution in [1.82, 2.24) is 0 Å². The topological polar surface area (TPSA) is 44.0 Å². The van der Waals surface area contributed by atoms with Crippen LogP contribution in [0.2, 0.25) is 0 Å². The summed E-state index contributed by atoms with van der Waals surface area (Å²) in [4.78, 5) is 0. The normalized spacial score (nSPS) is 13.3. The number of fused-ring (bicyclic) bond motifs is 1. The highest BCUT2D eigenvalue weighted by Crippen LogP contribution is 2.36. The van der Waals surface area contributed by atoms with E-state index >= 15 is 0 Å². The molecule has 0 heterocycles. The average molecular weight is 251 g/mol. The molecular formula is C13H8F3NO.